The summed E-state index contributed by atoms with van der Waals surface area (Å²) in [5.41, 5.74) is 3.11. The summed E-state index contributed by atoms with van der Waals surface area (Å²) in [6, 6.07) is 0.578. The minimum atomic E-state index is 0.441. The SMILES string of the molecule is C=C(CCCCCC(=O)N1CCCC2CCCCC21)CCCC1=CCCCC1. The molecule has 3 rings (SSSR count). The summed E-state index contributed by atoms with van der Waals surface area (Å²) in [5.74, 6) is 1.25. The minimum Gasteiger partial charge on any atom is -0.339 e. The van der Waals surface area contributed by atoms with Crippen LogP contribution in [0.3, 0.4) is 0 Å². The van der Waals surface area contributed by atoms with Gasteiger partial charge in [-0.15, -0.1) is 0 Å². The summed E-state index contributed by atoms with van der Waals surface area (Å²) in [7, 11) is 0. The molecule has 2 atom stereocenters. The average Bonchev–Trinajstić information content (AvgIpc) is 2.73. The van der Waals surface area contributed by atoms with Gasteiger partial charge in [-0.3, -0.25) is 4.79 Å². The monoisotopic (exact) mass is 385 g/mol. The highest BCUT2D eigenvalue weighted by molar-refractivity contribution is 5.76. The van der Waals surface area contributed by atoms with Crippen LogP contribution in [0.25, 0.3) is 0 Å². The highest BCUT2D eigenvalue weighted by Crippen LogP contribution is 2.35. The number of carbonyl (C=O) groups is 1. The molecule has 0 aromatic heterocycles. The quantitative estimate of drug-likeness (QED) is 0.284. The molecule has 28 heavy (non-hydrogen) atoms. The van der Waals surface area contributed by atoms with E-state index in [-0.39, 0.29) is 0 Å². The van der Waals surface area contributed by atoms with Crippen LogP contribution in [0.2, 0.25) is 0 Å². The average molecular weight is 386 g/mol. The van der Waals surface area contributed by atoms with Gasteiger partial charge in [0.15, 0.2) is 0 Å². The van der Waals surface area contributed by atoms with Crippen LogP contribution in [0.5, 0.6) is 0 Å². The molecule has 2 nitrogen and oxygen atoms in total. The number of allylic oxidation sites excluding steroid dienone is 3. The van der Waals surface area contributed by atoms with Gasteiger partial charge >= 0.3 is 0 Å². The molecule has 1 heterocycles. The van der Waals surface area contributed by atoms with Crippen LogP contribution in [0.1, 0.15) is 116 Å². The standard InChI is InChI=1S/C26H43NO/c1-22(13-10-16-23-14-5-3-6-15-23)12-4-2-7-20-26(28)27-21-11-18-24-17-8-9-19-25(24)27/h14,24-25H,1-13,15-21H2. The molecule has 1 aliphatic heterocycles. The second kappa shape index (κ2) is 11.8. The number of nitrogens with zero attached hydrogens (tertiary/aromatic N) is 1. The second-order valence-electron chi connectivity index (χ2n) is 9.61. The van der Waals surface area contributed by atoms with Crippen LogP contribution < -0.4 is 0 Å². The number of unbranched alkanes of at least 4 members (excludes halogenated alkanes) is 2. The molecule has 1 saturated heterocycles. The lowest BCUT2D eigenvalue weighted by molar-refractivity contribution is -0.137. The lowest BCUT2D eigenvalue weighted by atomic mass is 9.78. The third kappa shape index (κ3) is 6.78. The lowest BCUT2D eigenvalue weighted by Crippen LogP contribution is -2.49. The third-order valence-electron chi connectivity index (χ3n) is 7.40. The summed E-state index contributed by atoms with van der Waals surface area (Å²) < 4.78 is 0. The molecular formula is C26H43NO. The summed E-state index contributed by atoms with van der Waals surface area (Å²) in [6.07, 6.45) is 24.9. The van der Waals surface area contributed by atoms with Crippen LogP contribution in [-0.2, 0) is 4.79 Å². The predicted molar refractivity (Wildman–Crippen MR) is 119 cm³/mol. The van der Waals surface area contributed by atoms with Crippen LogP contribution in [0, 0.1) is 5.92 Å². The zero-order valence-electron chi connectivity index (χ0n) is 18.2. The number of hydrogen-bond donors (Lipinski definition) is 0. The van der Waals surface area contributed by atoms with Crippen molar-refractivity contribution in [1.82, 2.24) is 4.90 Å². The van der Waals surface area contributed by atoms with E-state index in [2.05, 4.69) is 17.6 Å². The molecule has 2 aliphatic carbocycles. The Bertz CT molecular complexity index is 533. The molecule has 2 heteroatoms. The van der Waals surface area contributed by atoms with Crippen LogP contribution >= 0.6 is 0 Å². The number of amides is 1. The van der Waals surface area contributed by atoms with E-state index in [9.17, 15) is 4.79 Å². The Morgan fingerprint density at radius 3 is 2.57 bits per heavy atom. The molecule has 1 amide bonds. The van der Waals surface area contributed by atoms with Gasteiger partial charge in [-0.1, -0.05) is 43.1 Å². The fourth-order valence-electron chi connectivity index (χ4n) is 5.73. The topological polar surface area (TPSA) is 20.3 Å². The van der Waals surface area contributed by atoms with Crippen molar-refractivity contribution < 1.29 is 4.79 Å². The number of carbonyl (C=O) groups excluding carboxylic acids is 1. The van der Waals surface area contributed by atoms with E-state index in [1.54, 1.807) is 5.57 Å². The molecule has 3 aliphatic rings. The van der Waals surface area contributed by atoms with E-state index in [1.807, 2.05) is 0 Å². The Hall–Kier alpha value is -1.05. The zero-order valence-corrected chi connectivity index (χ0v) is 18.2. The number of rotatable bonds is 10. The Balaban J connectivity index is 1.23. The van der Waals surface area contributed by atoms with E-state index in [0.29, 0.717) is 11.9 Å². The highest BCUT2D eigenvalue weighted by Gasteiger charge is 2.35. The van der Waals surface area contributed by atoms with Gasteiger partial charge < -0.3 is 4.90 Å². The fraction of sp³-hybridized carbons (Fsp3) is 0.808. The van der Waals surface area contributed by atoms with Crippen molar-refractivity contribution in [2.75, 3.05) is 6.54 Å². The van der Waals surface area contributed by atoms with Crippen molar-refractivity contribution in [2.24, 2.45) is 5.92 Å². The smallest absolute Gasteiger partial charge is 0.222 e. The summed E-state index contributed by atoms with van der Waals surface area (Å²) >= 11 is 0. The van der Waals surface area contributed by atoms with Gasteiger partial charge in [-0.25, -0.2) is 0 Å². The molecule has 0 aromatic rings. The first-order chi connectivity index (χ1) is 13.7. The fourth-order valence-corrected chi connectivity index (χ4v) is 5.73. The number of piperidine rings is 1. The van der Waals surface area contributed by atoms with Gasteiger partial charge in [0.2, 0.25) is 5.91 Å². The van der Waals surface area contributed by atoms with Crippen LogP contribution in [0.15, 0.2) is 23.8 Å². The Labute approximate surface area is 173 Å². The van der Waals surface area contributed by atoms with Crippen molar-refractivity contribution in [3.8, 4) is 0 Å². The number of hydrogen-bond acceptors (Lipinski definition) is 1. The van der Waals surface area contributed by atoms with Gasteiger partial charge in [-0.05, 0) is 95.8 Å². The van der Waals surface area contributed by atoms with Crippen molar-refractivity contribution in [2.45, 2.75) is 122 Å². The molecular weight excluding hydrogens is 342 g/mol. The van der Waals surface area contributed by atoms with Gasteiger partial charge in [0, 0.05) is 19.0 Å². The van der Waals surface area contributed by atoms with Crippen LogP contribution in [-0.4, -0.2) is 23.4 Å². The minimum absolute atomic E-state index is 0.441. The predicted octanol–water partition coefficient (Wildman–Crippen LogP) is 7.35. The van der Waals surface area contributed by atoms with Crippen molar-refractivity contribution in [3.05, 3.63) is 23.8 Å². The van der Waals surface area contributed by atoms with E-state index in [4.69, 9.17) is 0 Å². The largest absolute Gasteiger partial charge is 0.339 e. The Morgan fingerprint density at radius 1 is 0.929 bits per heavy atom. The summed E-state index contributed by atoms with van der Waals surface area (Å²) in [5, 5.41) is 0. The lowest BCUT2D eigenvalue weighted by Gasteiger charge is -2.44. The molecule has 0 aromatic carbocycles. The molecule has 0 N–H and O–H groups in total. The first-order valence-corrected chi connectivity index (χ1v) is 12.4. The second-order valence-corrected chi connectivity index (χ2v) is 9.61. The Kier molecular flexibility index (Phi) is 9.15. The first-order valence-electron chi connectivity index (χ1n) is 12.4. The maximum absolute atomic E-state index is 12.7. The molecule has 158 valence electrons. The number of fused-ring (bicyclic) bond motifs is 1. The van der Waals surface area contributed by atoms with E-state index in [1.165, 1.54) is 102 Å². The molecule has 0 radical (unpaired) electrons. The van der Waals surface area contributed by atoms with Crippen molar-refractivity contribution >= 4 is 5.91 Å². The van der Waals surface area contributed by atoms with Gasteiger partial charge in [0.05, 0.1) is 0 Å². The molecule has 2 unspecified atom stereocenters. The number of likely N-dealkylation sites (tertiary alicyclic amines) is 1. The van der Waals surface area contributed by atoms with Gasteiger partial charge in [0.25, 0.3) is 0 Å². The van der Waals surface area contributed by atoms with E-state index < -0.39 is 0 Å². The first kappa shape index (κ1) is 21.7. The molecule has 0 bridgehead atoms. The third-order valence-corrected chi connectivity index (χ3v) is 7.40. The van der Waals surface area contributed by atoms with E-state index in [0.717, 1.165) is 31.7 Å². The van der Waals surface area contributed by atoms with Gasteiger partial charge in [-0.2, -0.15) is 0 Å². The Morgan fingerprint density at radius 2 is 1.71 bits per heavy atom. The summed E-state index contributed by atoms with van der Waals surface area (Å²) in [6.45, 7) is 5.32. The van der Waals surface area contributed by atoms with Crippen molar-refractivity contribution in [1.29, 1.82) is 0 Å². The normalized spacial score (nSPS) is 25.1. The summed E-state index contributed by atoms with van der Waals surface area (Å²) in [4.78, 5) is 15.0. The van der Waals surface area contributed by atoms with Gasteiger partial charge in [0.1, 0.15) is 0 Å². The van der Waals surface area contributed by atoms with Crippen LogP contribution in [0.4, 0.5) is 0 Å². The van der Waals surface area contributed by atoms with E-state index >= 15 is 0 Å². The maximum Gasteiger partial charge on any atom is 0.222 e. The highest BCUT2D eigenvalue weighted by atomic mass is 16.2. The molecule has 0 spiro atoms. The molecule has 1 saturated carbocycles. The maximum atomic E-state index is 12.7. The van der Waals surface area contributed by atoms with Crippen molar-refractivity contribution in [3.63, 3.8) is 0 Å². The zero-order chi connectivity index (χ0) is 19.6. The molecule has 2 fully saturated rings.